The Kier molecular flexibility index (Phi) is 5.68. The van der Waals surface area contributed by atoms with Crippen LogP contribution in [-0.2, 0) is 9.31 Å². The topological polar surface area (TPSA) is 18.5 Å². The number of hydrogen-bond acceptors (Lipinski definition) is 2. The number of fused-ring (bicyclic) bond motifs is 2. The molecule has 0 aromatic heterocycles. The van der Waals surface area contributed by atoms with Crippen molar-refractivity contribution in [1.29, 1.82) is 0 Å². The van der Waals surface area contributed by atoms with E-state index >= 15 is 0 Å². The van der Waals surface area contributed by atoms with Gasteiger partial charge < -0.3 is 9.31 Å². The maximum absolute atomic E-state index is 6.47. The first kappa shape index (κ1) is 20.6. The van der Waals surface area contributed by atoms with Crippen LogP contribution in [0.3, 0.4) is 0 Å². The molecule has 0 heterocycles. The van der Waals surface area contributed by atoms with E-state index in [2.05, 4.69) is 113 Å². The third kappa shape index (κ3) is 4.14. The molecule has 3 heteroatoms. The van der Waals surface area contributed by atoms with Gasteiger partial charge in [0.15, 0.2) is 0 Å². The van der Waals surface area contributed by atoms with Gasteiger partial charge in [-0.3, -0.25) is 0 Å². The maximum atomic E-state index is 6.47. The van der Waals surface area contributed by atoms with E-state index in [1.54, 1.807) is 0 Å². The largest absolute Gasteiger partial charge is 0.495 e. The van der Waals surface area contributed by atoms with Gasteiger partial charge in [-0.25, -0.2) is 0 Å². The van der Waals surface area contributed by atoms with Crippen LogP contribution in [0.25, 0.3) is 32.7 Å². The van der Waals surface area contributed by atoms with Crippen LogP contribution < -0.4 is 5.46 Å². The van der Waals surface area contributed by atoms with Gasteiger partial charge in [0, 0.05) is 11.7 Å². The molecule has 0 bridgehead atoms. The molecule has 0 unspecified atom stereocenters. The Morgan fingerprint density at radius 1 is 0.667 bits per heavy atom. The summed E-state index contributed by atoms with van der Waals surface area (Å²) in [4.78, 5) is 0. The highest BCUT2D eigenvalue weighted by Crippen LogP contribution is 2.36. The van der Waals surface area contributed by atoms with Crippen LogP contribution in [0.1, 0.15) is 34.6 Å². The first-order valence-corrected chi connectivity index (χ1v) is 10.7. The first-order chi connectivity index (χ1) is 14.3. The molecule has 0 fully saturated rings. The van der Waals surface area contributed by atoms with Gasteiger partial charge in [0.1, 0.15) is 0 Å². The molecule has 152 valence electrons. The van der Waals surface area contributed by atoms with Gasteiger partial charge in [-0.2, -0.15) is 0 Å². The van der Waals surface area contributed by atoms with Gasteiger partial charge in [-0.15, -0.1) is 0 Å². The number of rotatable bonds is 5. The van der Waals surface area contributed by atoms with Crippen molar-refractivity contribution in [2.75, 3.05) is 0 Å². The summed E-state index contributed by atoms with van der Waals surface area (Å²) < 4.78 is 12.8. The first-order valence-electron chi connectivity index (χ1n) is 10.7. The van der Waals surface area contributed by atoms with Crippen LogP contribution in [0.4, 0.5) is 0 Å². The summed E-state index contributed by atoms with van der Waals surface area (Å²) >= 11 is 0. The van der Waals surface area contributed by atoms with Crippen molar-refractivity contribution in [2.45, 2.75) is 46.3 Å². The zero-order valence-electron chi connectivity index (χ0n) is 18.5. The Morgan fingerprint density at radius 3 is 1.60 bits per heavy atom. The highest BCUT2D eigenvalue weighted by Gasteiger charge is 2.32. The summed E-state index contributed by atoms with van der Waals surface area (Å²) in [6.45, 7) is 10.3. The fraction of sp³-hybridized carbons (Fsp3) is 0.259. The fourth-order valence-corrected chi connectivity index (χ4v) is 4.05. The van der Waals surface area contributed by atoms with Crippen molar-refractivity contribution < 1.29 is 9.31 Å². The Hall–Kier alpha value is -2.62. The van der Waals surface area contributed by atoms with Gasteiger partial charge in [0.25, 0.3) is 0 Å². The molecule has 0 aliphatic rings. The lowest BCUT2D eigenvalue weighted by Gasteiger charge is -2.29. The molecule has 0 aliphatic heterocycles. The Labute approximate surface area is 180 Å². The van der Waals surface area contributed by atoms with E-state index < -0.39 is 7.12 Å². The Morgan fingerprint density at radius 2 is 1.13 bits per heavy atom. The van der Waals surface area contributed by atoms with Gasteiger partial charge in [0.2, 0.25) is 0 Å². The molecule has 0 N–H and O–H groups in total. The monoisotopic (exact) mass is 396 g/mol. The van der Waals surface area contributed by atoms with Crippen LogP contribution in [-0.4, -0.2) is 18.8 Å². The average molecular weight is 396 g/mol. The summed E-state index contributed by atoms with van der Waals surface area (Å²) in [6, 6.07) is 27.8. The minimum absolute atomic E-state index is 0.0451. The zero-order chi connectivity index (χ0) is 21.3. The zero-order valence-corrected chi connectivity index (χ0v) is 18.5. The van der Waals surface area contributed by atoms with Gasteiger partial charge in [-0.05, 0) is 72.8 Å². The van der Waals surface area contributed by atoms with E-state index in [0.29, 0.717) is 0 Å². The second-order valence-corrected chi connectivity index (χ2v) is 8.99. The minimum Gasteiger partial charge on any atom is -0.405 e. The standard InChI is InChI=1S/C27H29BO2/c1-19(2)29-28(30-27(3,4)5)26-23-17-11-9-15-21(23)25(20-13-7-6-8-14-20)22-16-10-12-18-24(22)26/h6-19H,1-5H3. The molecule has 4 aromatic rings. The molecule has 2 nitrogen and oxygen atoms in total. The molecule has 30 heavy (non-hydrogen) atoms. The lowest BCUT2D eigenvalue weighted by atomic mass is 9.70. The third-order valence-corrected chi connectivity index (χ3v) is 5.13. The highest BCUT2D eigenvalue weighted by molar-refractivity contribution is 6.68. The summed E-state index contributed by atoms with van der Waals surface area (Å²) in [5.41, 5.74) is 3.24. The summed E-state index contributed by atoms with van der Waals surface area (Å²) in [5, 5.41) is 4.77. The molecule has 0 spiro atoms. The van der Waals surface area contributed by atoms with E-state index in [-0.39, 0.29) is 11.7 Å². The van der Waals surface area contributed by atoms with Gasteiger partial charge >= 0.3 is 7.12 Å². The number of hydrogen-bond donors (Lipinski definition) is 0. The third-order valence-electron chi connectivity index (χ3n) is 5.13. The quantitative estimate of drug-likeness (QED) is 0.280. The molecule has 0 saturated heterocycles. The average Bonchev–Trinajstić information content (AvgIpc) is 2.70. The lowest BCUT2D eigenvalue weighted by molar-refractivity contribution is 0.0760. The van der Waals surface area contributed by atoms with Crippen molar-refractivity contribution in [3.05, 3.63) is 78.9 Å². The normalized spacial score (nSPS) is 12.1. The summed E-state index contributed by atoms with van der Waals surface area (Å²) in [5.74, 6) is 0. The van der Waals surface area contributed by atoms with E-state index in [9.17, 15) is 0 Å². The Balaban J connectivity index is 2.10. The molecule has 0 aliphatic carbocycles. The van der Waals surface area contributed by atoms with E-state index in [0.717, 1.165) is 5.46 Å². The van der Waals surface area contributed by atoms with Crippen molar-refractivity contribution in [3.8, 4) is 11.1 Å². The van der Waals surface area contributed by atoms with Crippen molar-refractivity contribution in [1.82, 2.24) is 0 Å². The summed E-state index contributed by atoms with van der Waals surface area (Å²) in [7, 11) is -0.454. The van der Waals surface area contributed by atoms with Crippen LogP contribution in [0.2, 0.25) is 0 Å². The second kappa shape index (κ2) is 8.25. The van der Waals surface area contributed by atoms with Crippen LogP contribution >= 0.6 is 0 Å². The predicted octanol–water partition coefficient (Wildman–Crippen LogP) is 6.60. The minimum atomic E-state index is -0.454. The van der Waals surface area contributed by atoms with Crippen LogP contribution in [0, 0.1) is 0 Å². The lowest BCUT2D eigenvalue weighted by Crippen LogP contribution is -2.45. The fourth-order valence-electron chi connectivity index (χ4n) is 4.05. The predicted molar refractivity (Wildman–Crippen MR) is 129 cm³/mol. The summed E-state index contributed by atoms with van der Waals surface area (Å²) in [6.07, 6.45) is 0.0451. The van der Waals surface area contributed by atoms with Crippen molar-refractivity contribution in [3.63, 3.8) is 0 Å². The Bertz CT molecular complexity index is 1100. The number of benzene rings is 4. The van der Waals surface area contributed by atoms with Crippen LogP contribution in [0.15, 0.2) is 78.9 Å². The molecule has 0 atom stereocenters. The maximum Gasteiger partial charge on any atom is 0.495 e. The second-order valence-electron chi connectivity index (χ2n) is 8.99. The van der Waals surface area contributed by atoms with Crippen LogP contribution in [0.5, 0.6) is 0 Å². The molecule has 4 aromatic carbocycles. The van der Waals surface area contributed by atoms with E-state index in [1.807, 2.05) is 0 Å². The molecular formula is C27H29BO2. The molecule has 0 saturated carbocycles. The van der Waals surface area contributed by atoms with E-state index in [1.165, 1.54) is 32.7 Å². The van der Waals surface area contributed by atoms with Crippen molar-refractivity contribution in [2.24, 2.45) is 0 Å². The molecule has 0 amide bonds. The molecule has 0 radical (unpaired) electrons. The smallest absolute Gasteiger partial charge is 0.405 e. The molecular weight excluding hydrogens is 367 g/mol. The van der Waals surface area contributed by atoms with Gasteiger partial charge in [-0.1, -0.05) is 78.9 Å². The van der Waals surface area contributed by atoms with E-state index in [4.69, 9.17) is 9.31 Å². The van der Waals surface area contributed by atoms with Gasteiger partial charge in [0.05, 0.1) is 0 Å². The SMILES string of the molecule is CC(C)OB(OC(C)(C)C)c1c2ccccc2c(-c2ccccc2)c2ccccc12. The van der Waals surface area contributed by atoms with Crippen molar-refractivity contribution >= 4 is 34.1 Å². The molecule has 4 rings (SSSR count). The highest BCUT2D eigenvalue weighted by atomic mass is 16.6.